The smallest absolute Gasteiger partial charge is 0.119 e. The Morgan fingerprint density at radius 1 is 0.955 bits per heavy atom. The first kappa shape index (κ1) is 14.4. The third-order valence-electron chi connectivity index (χ3n) is 3.65. The fraction of sp³-hybridized carbons (Fsp3) is 0.278. The Bertz CT molecular complexity index is 719. The Balaban J connectivity index is 1.43. The average molecular weight is 296 g/mol. The number of fused-ring (bicyclic) bond motifs is 1. The molecule has 4 nitrogen and oxygen atoms in total. The number of aryl methyl sites for hydroxylation is 1. The number of rotatable bonds is 7. The van der Waals surface area contributed by atoms with Gasteiger partial charge in [-0.25, -0.2) is 4.98 Å². The molecule has 3 aromatic rings. The highest BCUT2D eigenvalue weighted by Crippen LogP contribution is 2.17. The van der Waals surface area contributed by atoms with Crippen molar-refractivity contribution in [1.82, 2.24) is 9.55 Å². The van der Waals surface area contributed by atoms with Gasteiger partial charge in [0, 0.05) is 6.54 Å². The number of para-hydroxylation sites is 2. The number of hydrogen-bond donors (Lipinski definition) is 0. The van der Waals surface area contributed by atoms with Crippen LogP contribution in [0.4, 0.5) is 0 Å². The maximum atomic E-state index is 5.73. The third-order valence-corrected chi connectivity index (χ3v) is 3.65. The molecule has 4 heteroatoms. The molecule has 0 fully saturated rings. The predicted molar refractivity (Wildman–Crippen MR) is 87.5 cm³/mol. The van der Waals surface area contributed by atoms with Crippen LogP contribution in [0.1, 0.15) is 12.8 Å². The summed E-state index contributed by atoms with van der Waals surface area (Å²) in [6.07, 6.45) is 3.99. The molecular weight excluding hydrogens is 276 g/mol. The van der Waals surface area contributed by atoms with Gasteiger partial charge in [-0.3, -0.25) is 0 Å². The molecule has 3 rings (SSSR count). The van der Waals surface area contributed by atoms with Crippen molar-refractivity contribution in [2.75, 3.05) is 13.7 Å². The number of unbranched alkanes of at least 4 members (excludes halogenated alkanes) is 1. The lowest BCUT2D eigenvalue weighted by Crippen LogP contribution is -2.01. The van der Waals surface area contributed by atoms with Gasteiger partial charge >= 0.3 is 0 Å². The molecule has 1 heterocycles. The molecule has 0 spiro atoms. The molecule has 0 radical (unpaired) electrons. The molecule has 0 atom stereocenters. The second-order valence-electron chi connectivity index (χ2n) is 5.16. The second-order valence-corrected chi connectivity index (χ2v) is 5.16. The highest BCUT2D eigenvalue weighted by molar-refractivity contribution is 5.74. The zero-order chi connectivity index (χ0) is 15.2. The van der Waals surface area contributed by atoms with Gasteiger partial charge in [0.25, 0.3) is 0 Å². The van der Waals surface area contributed by atoms with Crippen LogP contribution in [0.3, 0.4) is 0 Å². The molecule has 0 saturated carbocycles. The summed E-state index contributed by atoms with van der Waals surface area (Å²) in [5.74, 6) is 1.73. The molecule has 0 saturated heterocycles. The highest BCUT2D eigenvalue weighted by atomic mass is 16.5. The summed E-state index contributed by atoms with van der Waals surface area (Å²) < 4.78 is 13.1. The van der Waals surface area contributed by atoms with Gasteiger partial charge in [-0.15, -0.1) is 0 Å². The van der Waals surface area contributed by atoms with Crippen molar-refractivity contribution in [3.63, 3.8) is 0 Å². The largest absolute Gasteiger partial charge is 0.497 e. The lowest BCUT2D eigenvalue weighted by Gasteiger charge is -2.08. The van der Waals surface area contributed by atoms with Crippen LogP contribution in [0.15, 0.2) is 54.9 Å². The Labute approximate surface area is 130 Å². The normalized spacial score (nSPS) is 10.8. The van der Waals surface area contributed by atoms with Crippen LogP contribution < -0.4 is 9.47 Å². The van der Waals surface area contributed by atoms with Crippen LogP contribution in [0.5, 0.6) is 11.5 Å². The number of imidazole rings is 1. The van der Waals surface area contributed by atoms with Gasteiger partial charge in [0.15, 0.2) is 0 Å². The van der Waals surface area contributed by atoms with E-state index in [9.17, 15) is 0 Å². The van der Waals surface area contributed by atoms with Gasteiger partial charge in [0.2, 0.25) is 0 Å². The molecule has 0 amide bonds. The zero-order valence-electron chi connectivity index (χ0n) is 12.7. The van der Waals surface area contributed by atoms with Crippen LogP contribution >= 0.6 is 0 Å². The van der Waals surface area contributed by atoms with Crippen LogP contribution in [0, 0.1) is 0 Å². The Morgan fingerprint density at radius 3 is 2.55 bits per heavy atom. The number of methoxy groups -OCH3 is 1. The molecule has 2 aromatic carbocycles. The first-order valence-corrected chi connectivity index (χ1v) is 7.53. The van der Waals surface area contributed by atoms with Gasteiger partial charge in [-0.2, -0.15) is 0 Å². The summed E-state index contributed by atoms with van der Waals surface area (Å²) in [5.41, 5.74) is 2.25. The van der Waals surface area contributed by atoms with Crippen molar-refractivity contribution in [2.45, 2.75) is 19.4 Å². The minimum absolute atomic E-state index is 0.721. The number of aromatic nitrogens is 2. The van der Waals surface area contributed by atoms with E-state index in [0.717, 1.165) is 43.0 Å². The molecular formula is C18H20N2O2. The minimum atomic E-state index is 0.721. The molecule has 1 aromatic heterocycles. The SMILES string of the molecule is COc1ccc(OCCCCn2cnc3ccccc32)cc1. The summed E-state index contributed by atoms with van der Waals surface area (Å²) in [7, 11) is 1.66. The molecule has 22 heavy (non-hydrogen) atoms. The van der Waals surface area contributed by atoms with E-state index in [1.54, 1.807) is 7.11 Å². The lowest BCUT2D eigenvalue weighted by molar-refractivity contribution is 0.303. The summed E-state index contributed by atoms with van der Waals surface area (Å²) >= 11 is 0. The van der Waals surface area contributed by atoms with Crippen molar-refractivity contribution in [3.05, 3.63) is 54.9 Å². The van der Waals surface area contributed by atoms with Crippen LogP contribution in [0.2, 0.25) is 0 Å². The first-order chi connectivity index (χ1) is 10.9. The highest BCUT2D eigenvalue weighted by Gasteiger charge is 2.01. The quantitative estimate of drug-likeness (QED) is 0.620. The molecule has 0 unspecified atom stereocenters. The summed E-state index contributed by atoms with van der Waals surface area (Å²) in [5, 5.41) is 0. The van der Waals surface area contributed by atoms with Crippen LogP contribution in [-0.4, -0.2) is 23.3 Å². The van der Waals surface area contributed by atoms with E-state index >= 15 is 0 Å². The van der Waals surface area contributed by atoms with Gasteiger partial charge in [-0.05, 0) is 49.2 Å². The van der Waals surface area contributed by atoms with Gasteiger partial charge in [0.1, 0.15) is 11.5 Å². The van der Waals surface area contributed by atoms with E-state index in [4.69, 9.17) is 9.47 Å². The molecule has 0 bridgehead atoms. The van der Waals surface area contributed by atoms with Crippen molar-refractivity contribution >= 4 is 11.0 Å². The second kappa shape index (κ2) is 6.98. The topological polar surface area (TPSA) is 36.3 Å². The van der Waals surface area contributed by atoms with Gasteiger partial charge < -0.3 is 14.0 Å². The predicted octanol–water partition coefficient (Wildman–Crippen LogP) is 3.90. The van der Waals surface area contributed by atoms with Crippen molar-refractivity contribution in [1.29, 1.82) is 0 Å². The van der Waals surface area contributed by atoms with Crippen LogP contribution in [0.25, 0.3) is 11.0 Å². The first-order valence-electron chi connectivity index (χ1n) is 7.53. The maximum Gasteiger partial charge on any atom is 0.119 e. The number of nitrogens with zero attached hydrogens (tertiary/aromatic N) is 2. The van der Waals surface area contributed by atoms with E-state index in [-0.39, 0.29) is 0 Å². The minimum Gasteiger partial charge on any atom is -0.497 e. The summed E-state index contributed by atoms with van der Waals surface area (Å²) in [6, 6.07) is 15.9. The monoisotopic (exact) mass is 296 g/mol. The molecule has 0 aliphatic rings. The Hall–Kier alpha value is -2.49. The zero-order valence-corrected chi connectivity index (χ0v) is 12.7. The van der Waals surface area contributed by atoms with E-state index in [1.165, 1.54) is 5.52 Å². The number of hydrogen-bond acceptors (Lipinski definition) is 3. The third kappa shape index (κ3) is 3.39. The molecule has 0 aliphatic heterocycles. The summed E-state index contributed by atoms with van der Waals surface area (Å²) in [4.78, 5) is 4.40. The van der Waals surface area contributed by atoms with Gasteiger partial charge in [-0.1, -0.05) is 12.1 Å². The lowest BCUT2D eigenvalue weighted by atomic mass is 10.3. The van der Waals surface area contributed by atoms with Gasteiger partial charge in [0.05, 0.1) is 31.1 Å². The average Bonchev–Trinajstić information content (AvgIpc) is 2.98. The fourth-order valence-electron chi connectivity index (χ4n) is 2.43. The van der Waals surface area contributed by atoms with Crippen molar-refractivity contribution < 1.29 is 9.47 Å². The maximum absolute atomic E-state index is 5.73. The van der Waals surface area contributed by atoms with E-state index in [0.29, 0.717) is 0 Å². The summed E-state index contributed by atoms with van der Waals surface area (Å²) in [6.45, 7) is 1.69. The number of ether oxygens (including phenoxy) is 2. The Morgan fingerprint density at radius 2 is 1.73 bits per heavy atom. The van der Waals surface area contributed by atoms with E-state index < -0.39 is 0 Å². The molecule has 114 valence electrons. The fourth-order valence-corrected chi connectivity index (χ4v) is 2.43. The Kier molecular flexibility index (Phi) is 4.59. The standard InChI is InChI=1S/C18H20N2O2/c1-21-15-8-10-16(11-9-15)22-13-5-4-12-20-14-19-17-6-2-3-7-18(17)20/h2-3,6-11,14H,4-5,12-13H2,1H3. The van der Waals surface area contributed by atoms with E-state index in [2.05, 4.69) is 15.6 Å². The van der Waals surface area contributed by atoms with Crippen molar-refractivity contribution in [3.8, 4) is 11.5 Å². The molecule has 0 aliphatic carbocycles. The number of benzene rings is 2. The van der Waals surface area contributed by atoms with E-state index in [1.807, 2.05) is 48.8 Å². The van der Waals surface area contributed by atoms with Crippen molar-refractivity contribution in [2.24, 2.45) is 0 Å². The molecule has 0 N–H and O–H groups in total. The van der Waals surface area contributed by atoms with Crippen LogP contribution in [-0.2, 0) is 6.54 Å².